The molecule has 2 aromatic carbocycles. The van der Waals surface area contributed by atoms with Crippen molar-refractivity contribution in [3.8, 4) is 11.5 Å². The summed E-state index contributed by atoms with van der Waals surface area (Å²) in [6.07, 6.45) is 5.02. The van der Waals surface area contributed by atoms with Gasteiger partial charge in [0.25, 0.3) is 5.91 Å². The van der Waals surface area contributed by atoms with Gasteiger partial charge < -0.3 is 44.6 Å². The minimum Gasteiger partial charge on any atom is -0.494 e. The van der Waals surface area contributed by atoms with Gasteiger partial charge in [-0.2, -0.15) is 0 Å². The fraction of sp³-hybridized carbons (Fsp3) is 0.333. The second-order valence-electron chi connectivity index (χ2n) is 13.0. The standard InChI is InChI=1S/C39H44N10O8/c1-6-24-34(56-20(3)43-24)28(50)19-31-45-26-15-23(37(42)52)18-30(55-14-10-11-40)33(26)48(31)12-8-9-13-49-32-27(16-22(36(41)51)17-29(32)54-5)46-39(49)47-38(53)35-25(7-2)44-21(4)57-35/h8-9,15-18H,6-7,10-14,19,40H2,1-5H3,(H2,41,51)(H2,42,52)(H,46,47,53)/b9-8+. The summed E-state index contributed by atoms with van der Waals surface area (Å²) in [5.74, 6) is -0.161. The molecule has 0 unspecified atom stereocenters. The molecule has 298 valence electrons. The first kappa shape index (κ1) is 39.9. The van der Waals surface area contributed by atoms with Crippen LogP contribution in [0.3, 0.4) is 0 Å². The Morgan fingerprint density at radius 3 is 1.95 bits per heavy atom. The Labute approximate surface area is 326 Å². The summed E-state index contributed by atoms with van der Waals surface area (Å²) in [7, 11) is 1.45. The van der Waals surface area contributed by atoms with Crippen molar-refractivity contribution >= 4 is 51.5 Å². The normalized spacial score (nSPS) is 11.5. The molecule has 0 aliphatic heterocycles. The minimum atomic E-state index is -0.680. The zero-order valence-corrected chi connectivity index (χ0v) is 32.3. The number of hydrogen-bond acceptors (Lipinski definition) is 13. The molecule has 0 saturated carbocycles. The van der Waals surface area contributed by atoms with Gasteiger partial charge in [0.15, 0.2) is 17.5 Å². The Balaban J connectivity index is 1.41. The number of nitrogens with two attached hydrogens (primary N) is 3. The number of benzene rings is 2. The maximum absolute atomic E-state index is 13.7. The predicted octanol–water partition coefficient (Wildman–Crippen LogP) is 3.97. The fourth-order valence-corrected chi connectivity index (χ4v) is 6.49. The molecule has 0 bridgehead atoms. The van der Waals surface area contributed by atoms with Crippen LogP contribution in [0.2, 0.25) is 0 Å². The van der Waals surface area contributed by atoms with Gasteiger partial charge in [-0.15, -0.1) is 0 Å². The maximum Gasteiger partial charge on any atom is 0.295 e. The number of hydrogen-bond donors (Lipinski definition) is 4. The van der Waals surface area contributed by atoms with Gasteiger partial charge in [0.05, 0.1) is 42.6 Å². The molecule has 18 nitrogen and oxygen atoms in total. The van der Waals surface area contributed by atoms with E-state index >= 15 is 0 Å². The fourth-order valence-electron chi connectivity index (χ4n) is 6.49. The van der Waals surface area contributed by atoms with Gasteiger partial charge >= 0.3 is 0 Å². The second-order valence-corrected chi connectivity index (χ2v) is 13.0. The lowest BCUT2D eigenvalue weighted by molar-refractivity contribution is 0.0957. The number of nitrogens with zero attached hydrogens (tertiary/aromatic N) is 6. The quantitative estimate of drug-likeness (QED) is 0.0547. The van der Waals surface area contributed by atoms with Crippen molar-refractivity contribution in [3.63, 3.8) is 0 Å². The van der Waals surface area contributed by atoms with E-state index in [1.165, 1.54) is 19.2 Å². The van der Waals surface area contributed by atoms with Gasteiger partial charge in [0.2, 0.25) is 29.3 Å². The summed E-state index contributed by atoms with van der Waals surface area (Å²) in [6, 6.07) is 6.11. The Bertz CT molecular complexity index is 2540. The number of ketones is 1. The Kier molecular flexibility index (Phi) is 11.8. The van der Waals surface area contributed by atoms with Crippen LogP contribution in [-0.2, 0) is 32.4 Å². The molecule has 0 radical (unpaired) electrons. The van der Waals surface area contributed by atoms with Gasteiger partial charge in [-0.25, -0.2) is 19.9 Å². The van der Waals surface area contributed by atoms with Gasteiger partial charge in [-0.1, -0.05) is 26.0 Å². The van der Waals surface area contributed by atoms with E-state index in [4.69, 9.17) is 40.5 Å². The molecule has 6 aromatic rings. The number of amides is 3. The van der Waals surface area contributed by atoms with Crippen molar-refractivity contribution in [2.45, 2.75) is 66.5 Å². The number of nitrogens with one attached hydrogen (secondary N) is 1. The first-order chi connectivity index (χ1) is 27.4. The lowest BCUT2D eigenvalue weighted by Gasteiger charge is -2.13. The van der Waals surface area contributed by atoms with Gasteiger partial charge in [0, 0.05) is 38.1 Å². The number of carbonyl (C=O) groups excluding carboxylic acids is 4. The van der Waals surface area contributed by atoms with Gasteiger partial charge in [-0.3, -0.25) is 24.5 Å². The third kappa shape index (κ3) is 8.25. The number of rotatable bonds is 18. The molecule has 7 N–H and O–H groups in total. The molecule has 0 spiro atoms. The average Bonchev–Trinajstić information content (AvgIpc) is 3.95. The zero-order chi connectivity index (χ0) is 41.0. The van der Waals surface area contributed by atoms with Crippen LogP contribution in [0, 0.1) is 13.8 Å². The molecule has 0 saturated heterocycles. The molecule has 57 heavy (non-hydrogen) atoms. The van der Waals surface area contributed by atoms with Crippen molar-refractivity contribution in [1.82, 2.24) is 29.1 Å². The maximum atomic E-state index is 13.7. The van der Waals surface area contributed by atoms with E-state index in [2.05, 4.69) is 20.3 Å². The minimum absolute atomic E-state index is 0.0542. The molecule has 18 heteroatoms. The van der Waals surface area contributed by atoms with Crippen LogP contribution in [0.4, 0.5) is 5.95 Å². The predicted molar refractivity (Wildman–Crippen MR) is 209 cm³/mol. The average molecular weight is 781 g/mol. The summed E-state index contributed by atoms with van der Waals surface area (Å²) in [6.45, 7) is 8.05. The van der Waals surface area contributed by atoms with Crippen molar-refractivity contribution in [2.24, 2.45) is 17.2 Å². The summed E-state index contributed by atoms with van der Waals surface area (Å²) in [5.41, 5.74) is 20.1. The third-order valence-corrected chi connectivity index (χ3v) is 9.11. The van der Waals surface area contributed by atoms with E-state index in [0.717, 1.165) is 0 Å². The molecule has 4 heterocycles. The summed E-state index contributed by atoms with van der Waals surface area (Å²) >= 11 is 0. The smallest absolute Gasteiger partial charge is 0.295 e. The Morgan fingerprint density at radius 2 is 1.35 bits per heavy atom. The molecule has 0 aliphatic rings. The van der Waals surface area contributed by atoms with Gasteiger partial charge in [0.1, 0.15) is 28.4 Å². The SMILES string of the molecule is CCc1nc(C)oc1C(=O)Cc1nc2cc(C(N)=O)cc(OCCCN)c2n1C/C=C/Cn1c(NC(=O)c2oc(C)nc2CC)nc2cc(C(N)=O)cc(OC)c21. The molecule has 0 atom stereocenters. The number of aryl methyl sites for hydroxylation is 4. The lowest BCUT2D eigenvalue weighted by Crippen LogP contribution is -2.17. The Hall–Kier alpha value is -6.82. The number of primary amides is 2. The first-order valence-electron chi connectivity index (χ1n) is 18.3. The molecule has 0 fully saturated rings. The number of carbonyl (C=O) groups is 4. The highest BCUT2D eigenvalue weighted by Gasteiger charge is 2.25. The third-order valence-electron chi connectivity index (χ3n) is 9.11. The van der Waals surface area contributed by atoms with Crippen LogP contribution >= 0.6 is 0 Å². The summed E-state index contributed by atoms with van der Waals surface area (Å²) < 4.78 is 26.6. The number of oxazole rings is 2. The number of anilines is 1. The van der Waals surface area contributed by atoms with Crippen LogP contribution in [0.25, 0.3) is 22.1 Å². The molecular formula is C39H44N10O8. The molecule has 4 aromatic heterocycles. The first-order valence-corrected chi connectivity index (χ1v) is 18.3. The van der Waals surface area contributed by atoms with Crippen LogP contribution in [0.15, 0.2) is 45.3 Å². The monoisotopic (exact) mass is 780 g/mol. The van der Waals surface area contributed by atoms with E-state index < -0.39 is 17.7 Å². The number of methoxy groups -OCH3 is 1. The van der Waals surface area contributed by atoms with Crippen LogP contribution in [0.5, 0.6) is 11.5 Å². The Morgan fingerprint density at radius 1 is 0.789 bits per heavy atom. The number of fused-ring (bicyclic) bond motifs is 2. The summed E-state index contributed by atoms with van der Waals surface area (Å²) in [5, 5.41) is 2.83. The molecule has 6 rings (SSSR count). The highest BCUT2D eigenvalue weighted by Crippen LogP contribution is 2.32. The topological polar surface area (TPSA) is 265 Å². The number of imidazole rings is 2. The lowest BCUT2D eigenvalue weighted by atomic mass is 10.1. The van der Waals surface area contributed by atoms with Crippen LogP contribution in [0.1, 0.15) is 91.1 Å². The number of ether oxygens (including phenoxy) is 2. The zero-order valence-electron chi connectivity index (χ0n) is 32.3. The highest BCUT2D eigenvalue weighted by molar-refractivity contribution is 6.04. The largest absolute Gasteiger partial charge is 0.494 e. The van der Waals surface area contributed by atoms with Crippen molar-refractivity contribution in [1.29, 1.82) is 0 Å². The molecule has 0 aliphatic carbocycles. The summed E-state index contributed by atoms with van der Waals surface area (Å²) in [4.78, 5) is 69.8. The number of allylic oxidation sites excluding steroid dienone is 2. The second kappa shape index (κ2) is 16.9. The van der Waals surface area contributed by atoms with E-state index in [-0.39, 0.29) is 60.5 Å². The molecular weight excluding hydrogens is 736 g/mol. The van der Waals surface area contributed by atoms with E-state index in [1.54, 1.807) is 30.5 Å². The number of aromatic nitrogens is 6. The van der Waals surface area contributed by atoms with Crippen molar-refractivity contribution in [3.05, 3.63) is 88.1 Å². The van der Waals surface area contributed by atoms with Crippen molar-refractivity contribution in [2.75, 3.05) is 25.6 Å². The van der Waals surface area contributed by atoms with E-state index in [1.807, 2.05) is 30.6 Å². The van der Waals surface area contributed by atoms with E-state index in [9.17, 15) is 19.2 Å². The van der Waals surface area contributed by atoms with Crippen LogP contribution < -0.4 is 32.0 Å². The number of Topliss-reactive ketones (excluding diaryl/α,β-unsaturated/α-hetero) is 1. The van der Waals surface area contributed by atoms with Crippen molar-refractivity contribution < 1.29 is 37.5 Å². The highest BCUT2D eigenvalue weighted by atomic mass is 16.5. The van der Waals surface area contributed by atoms with Crippen LogP contribution in [-0.4, -0.2) is 72.8 Å². The van der Waals surface area contributed by atoms with Gasteiger partial charge in [-0.05, 0) is 50.1 Å². The molecule has 3 amide bonds. The van der Waals surface area contributed by atoms with E-state index in [0.29, 0.717) is 88.4 Å².